The Morgan fingerprint density at radius 1 is 0.293 bits per heavy atom. The summed E-state index contributed by atoms with van der Waals surface area (Å²) in [5.74, 6) is 0. The third-order valence-corrected chi connectivity index (χ3v) is 13.9. The Morgan fingerprint density at radius 2 is 0.724 bits per heavy atom. The minimum absolute atomic E-state index is 0.125. The van der Waals surface area contributed by atoms with Crippen LogP contribution in [-0.4, -0.2) is 0 Å². The van der Waals surface area contributed by atoms with E-state index in [-0.39, 0.29) is 16.2 Å². The molecule has 0 aliphatic heterocycles. The summed E-state index contributed by atoms with van der Waals surface area (Å²) in [5.41, 5.74) is 24.2. The maximum Gasteiger partial charge on any atom is 0.0546 e. The van der Waals surface area contributed by atoms with Gasteiger partial charge in [0, 0.05) is 33.1 Å². The molecular weight excluding hydrogens is 699 g/mol. The molecule has 0 radical (unpaired) electrons. The lowest BCUT2D eigenvalue weighted by Gasteiger charge is -2.33. The number of benzene rings is 8. The summed E-state index contributed by atoms with van der Waals surface area (Å²) in [6, 6.07) is 66.3. The van der Waals surface area contributed by atoms with E-state index in [4.69, 9.17) is 0 Å². The van der Waals surface area contributed by atoms with Crippen molar-refractivity contribution in [3.63, 3.8) is 0 Å². The summed E-state index contributed by atoms with van der Waals surface area (Å²) in [6.07, 6.45) is 0. The normalized spacial score (nSPS) is 15.5. The van der Waals surface area contributed by atoms with E-state index < -0.39 is 0 Å². The molecule has 8 aromatic carbocycles. The van der Waals surface area contributed by atoms with Gasteiger partial charge < -0.3 is 4.90 Å². The fourth-order valence-electron chi connectivity index (χ4n) is 11.0. The number of rotatable bonds is 5. The number of nitrogens with zero attached hydrogens (tertiary/aromatic N) is 1. The third kappa shape index (κ3) is 4.71. The second-order valence-corrected chi connectivity index (χ2v) is 18.1. The van der Waals surface area contributed by atoms with Gasteiger partial charge in [-0.2, -0.15) is 0 Å². The van der Waals surface area contributed by atoms with Crippen LogP contribution in [0.25, 0.3) is 55.6 Å². The Morgan fingerprint density at radius 3 is 1.40 bits per heavy atom. The average Bonchev–Trinajstić information content (AvgIpc) is 3.74. The van der Waals surface area contributed by atoms with Crippen LogP contribution in [-0.2, 0) is 16.2 Å². The molecule has 11 rings (SSSR count). The van der Waals surface area contributed by atoms with Gasteiger partial charge in [-0.05, 0) is 102 Å². The zero-order chi connectivity index (χ0) is 39.6. The summed E-state index contributed by atoms with van der Waals surface area (Å²) in [7, 11) is 0. The van der Waals surface area contributed by atoms with Crippen molar-refractivity contribution in [1.29, 1.82) is 0 Å². The minimum Gasteiger partial charge on any atom is -0.309 e. The lowest BCUT2D eigenvalue weighted by atomic mass is 9.81. The lowest BCUT2D eigenvalue weighted by molar-refractivity contribution is 0.660. The zero-order valence-electron chi connectivity index (χ0n) is 34.2. The molecule has 0 fully saturated rings. The maximum absolute atomic E-state index is 2.60. The van der Waals surface area contributed by atoms with Crippen LogP contribution in [0.2, 0.25) is 0 Å². The molecule has 3 aliphatic rings. The molecule has 0 saturated heterocycles. The molecule has 3 aliphatic carbocycles. The van der Waals surface area contributed by atoms with Gasteiger partial charge in [0.1, 0.15) is 0 Å². The van der Waals surface area contributed by atoms with Crippen molar-refractivity contribution >= 4 is 17.1 Å². The highest BCUT2D eigenvalue weighted by molar-refractivity contribution is 6.05. The Labute approximate surface area is 343 Å². The van der Waals surface area contributed by atoms with Crippen LogP contribution in [0.4, 0.5) is 17.1 Å². The third-order valence-electron chi connectivity index (χ3n) is 13.9. The molecule has 0 heterocycles. The Kier molecular flexibility index (Phi) is 7.36. The maximum atomic E-state index is 2.60. The van der Waals surface area contributed by atoms with Crippen LogP contribution >= 0.6 is 0 Å². The van der Waals surface area contributed by atoms with E-state index in [9.17, 15) is 0 Å². The molecule has 0 aromatic heterocycles. The predicted octanol–water partition coefficient (Wildman–Crippen LogP) is 15.4. The van der Waals surface area contributed by atoms with Gasteiger partial charge in [0.25, 0.3) is 0 Å². The van der Waals surface area contributed by atoms with E-state index in [1.165, 1.54) is 100 Å². The van der Waals surface area contributed by atoms with Crippen LogP contribution in [0.5, 0.6) is 0 Å². The summed E-state index contributed by atoms with van der Waals surface area (Å²) in [6.45, 7) is 14.3. The Bertz CT molecular complexity index is 2980. The molecule has 0 spiro atoms. The Balaban J connectivity index is 1.26. The first kappa shape index (κ1) is 34.8. The van der Waals surface area contributed by atoms with Crippen molar-refractivity contribution in [3.8, 4) is 55.6 Å². The van der Waals surface area contributed by atoms with Gasteiger partial charge in [0.05, 0.1) is 11.4 Å². The molecule has 0 bridgehead atoms. The number of hydrogen-bond donors (Lipinski definition) is 0. The van der Waals surface area contributed by atoms with Gasteiger partial charge in [-0.3, -0.25) is 0 Å². The van der Waals surface area contributed by atoms with Crippen LogP contribution in [0, 0.1) is 0 Å². The van der Waals surface area contributed by atoms with Crippen LogP contribution in [0.3, 0.4) is 0 Å². The summed E-state index contributed by atoms with van der Waals surface area (Å²) >= 11 is 0. The Hall–Kier alpha value is -6.44. The van der Waals surface area contributed by atoms with Gasteiger partial charge in [-0.15, -0.1) is 0 Å². The van der Waals surface area contributed by atoms with Crippen LogP contribution in [0.15, 0.2) is 176 Å². The first-order chi connectivity index (χ1) is 28.1. The van der Waals surface area contributed by atoms with Crippen molar-refractivity contribution in [2.45, 2.75) is 57.8 Å². The highest BCUT2D eigenvalue weighted by atomic mass is 15.1. The molecule has 8 aromatic rings. The van der Waals surface area contributed by atoms with E-state index in [1.54, 1.807) is 0 Å². The quantitative estimate of drug-likeness (QED) is 0.170. The summed E-state index contributed by atoms with van der Waals surface area (Å²) < 4.78 is 0. The molecule has 0 atom stereocenters. The van der Waals surface area contributed by atoms with E-state index >= 15 is 0 Å². The van der Waals surface area contributed by atoms with Crippen molar-refractivity contribution in [3.05, 3.63) is 209 Å². The molecule has 1 heteroatoms. The van der Waals surface area contributed by atoms with Crippen molar-refractivity contribution < 1.29 is 0 Å². The average molecular weight is 746 g/mol. The summed E-state index contributed by atoms with van der Waals surface area (Å²) in [4.78, 5) is 2.60. The van der Waals surface area contributed by atoms with E-state index in [2.05, 4.69) is 222 Å². The topological polar surface area (TPSA) is 3.24 Å². The van der Waals surface area contributed by atoms with Gasteiger partial charge in [0.15, 0.2) is 0 Å². The first-order valence-electron chi connectivity index (χ1n) is 20.8. The highest BCUT2D eigenvalue weighted by Crippen LogP contribution is 2.59. The van der Waals surface area contributed by atoms with E-state index in [1.807, 2.05) is 0 Å². The first-order valence-corrected chi connectivity index (χ1v) is 20.8. The standard InChI is InChI=1S/C57H47N/c1-55(2)45-27-14-11-22-41(45)52-43(25-16-29-47(52)55)53-38(36-19-8-7-9-20-36)24-17-31-50(53)58(37-33-34-40-39-21-10-13-26-44(39)57(5,6)49(40)35-37)51-32-18-30-48-54(51)42-23-12-15-28-46(42)56(48,3)4/h7-35H,1-6H3. The van der Waals surface area contributed by atoms with Gasteiger partial charge in [-0.1, -0.05) is 193 Å². The van der Waals surface area contributed by atoms with Crippen molar-refractivity contribution in [2.75, 3.05) is 4.90 Å². The fourth-order valence-corrected chi connectivity index (χ4v) is 11.0. The molecule has 280 valence electrons. The largest absolute Gasteiger partial charge is 0.309 e. The molecular formula is C57H47N. The summed E-state index contributed by atoms with van der Waals surface area (Å²) in [5, 5.41) is 0. The smallest absolute Gasteiger partial charge is 0.0546 e. The highest BCUT2D eigenvalue weighted by Gasteiger charge is 2.41. The molecule has 58 heavy (non-hydrogen) atoms. The van der Waals surface area contributed by atoms with Crippen molar-refractivity contribution in [1.82, 2.24) is 0 Å². The van der Waals surface area contributed by atoms with Crippen LogP contribution in [0.1, 0.15) is 74.9 Å². The van der Waals surface area contributed by atoms with Gasteiger partial charge in [-0.25, -0.2) is 0 Å². The molecule has 0 saturated carbocycles. The SMILES string of the molecule is CC1(C)c2ccccc2-c2ccc(N(c3cccc(-c4ccccc4)c3-c3cccc4c3-c3ccccc3C4(C)C)c3cccc4c3-c3ccccc3C4(C)C)cc21. The fraction of sp³-hybridized carbons (Fsp3) is 0.158. The van der Waals surface area contributed by atoms with E-state index in [0.29, 0.717) is 0 Å². The van der Waals surface area contributed by atoms with Crippen LogP contribution < -0.4 is 4.90 Å². The second kappa shape index (κ2) is 12.3. The number of fused-ring (bicyclic) bond motifs is 9. The van der Waals surface area contributed by atoms with E-state index in [0.717, 1.165) is 5.69 Å². The predicted molar refractivity (Wildman–Crippen MR) is 245 cm³/mol. The minimum atomic E-state index is -0.148. The molecule has 0 N–H and O–H groups in total. The second-order valence-electron chi connectivity index (χ2n) is 18.1. The molecule has 1 nitrogen and oxygen atoms in total. The zero-order valence-corrected chi connectivity index (χ0v) is 34.2. The number of anilines is 3. The molecule has 0 unspecified atom stereocenters. The van der Waals surface area contributed by atoms with Gasteiger partial charge >= 0.3 is 0 Å². The monoisotopic (exact) mass is 745 g/mol. The number of hydrogen-bond acceptors (Lipinski definition) is 1. The van der Waals surface area contributed by atoms with Crippen molar-refractivity contribution in [2.24, 2.45) is 0 Å². The lowest BCUT2D eigenvalue weighted by Crippen LogP contribution is -2.18. The molecule has 0 amide bonds. The van der Waals surface area contributed by atoms with Gasteiger partial charge in [0.2, 0.25) is 0 Å².